The quantitative estimate of drug-likeness (QED) is 0.449. The molecule has 1 amide bonds. The summed E-state index contributed by atoms with van der Waals surface area (Å²) < 4.78 is 10.5. The van der Waals surface area contributed by atoms with E-state index in [1.807, 2.05) is 24.3 Å². The number of aromatic nitrogens is 3. The molecule has 3 N–H and O–H groups in total. The molecule has 0 fully saturated rings. The first-order valence-electron chi connectivity index (χ1n) is 9.01. The van der Waals surface area contributed by atoms with Crippen LogP contribution in [-0.4, -0.2) is 47.9 Å². The van der Waals surface area contributed by atoms with Crippen molar-refractivity contribution in [1.82, 2.24) is 20.5 Å². The Hall–Kier alpha value is -3.88. The fourth-order valence-corrected chi connectivity index (χ4v) is 2.34. The van der Waals surface area contributed by atoms with E-state index in [0.29, 0.717) is 30.5 Å². The van der Waals surface area contributed by atoms with Crippen LogP contribution in [0.5, 0.6) is 11.5 Å². The molecule has 150 valence electrons. The van der Waals surface area contributed by atoms with Gasteiger partial charge in [-0.1, -0.05) is 0 Å². The number of benzene rings is 1. The molecule has 0 aliphatic heterocycles. The molecule has 3 rings (SSSR count). The molecule has 0 saturated carbocycles. The molecular formula is C20H22N6O3. The van der Waals surface area contributed by atoms with Gasteiger partial charge >= 0.3 is 0 Å². The van der Waals surface area contributed by atoms with Crippen LogP contribution in [0.15, 0.2) is 60.9 Å². The number of amides is 1. The molecule has 0 aliphatic carbocycles. The second kappa shape index (κ2) is 10.5. The van der Waals surface area contributed by atoms with E-state index in [0.717, 1.165) is 11.4 Å². The topological polar surface area (TPSA) is 110 Å². The summed E-state index contributed by atoms with van der Waals surface area (Å²) in [5.74, 6) is 2.39. The Kier molecular flexibility index (Phi) is 7.16. The summed E-state index contributed by atoms with van der Waals surface area (Å²) in [6, 6.07) is 14.4. The zero-order chi connectivity index (χ0) is 20.3. The molecule has 0 atom stereocenters. The number of methoxy groups -OCH3 is 1. The Morgan fingerprint density at radius 1 is 0.897 bits per heavy atom. The van der Waals surface area contributed by atoms with Crippen LogP contribution in [0.25, 0.3) is 0 Å². The Labute approximate surface area is 168 Å². The van der Waals surface area contributed by atoms with Gasteiger partial charge in [0.05, 0.1) is 7.11 Å². The molecule has 0 spiro atoms. The minimum atomic E-state index is -0.203. The van der Waals surface area contributed by atoms with Gasteiger partial charge in [0, 0.05) is 31.2 Å². The molecule has 1 aromatic carbocycles. The van der Waals surface area contributed by atoms with E-state index in [2.05, 4.69) is 31.1 Å². The molecule has 0 radical (unpaired) electrons. The van der Waals surface area contributed by atoms with Crippen LogP contribution in [0.3, 0.4) is 0 Å². The van der Waals surface area contributed by atoms with Gasteiger partial charge in [-0.15, -0.1) is 10.2 Å². The number of ether oxygens (including phenoxy) is 2. The molecule has 3 aromatic rings. The normalized spacial score (nSPS) is 10.1. The van der Waals surface area contributed by atoms with Gasteiger partial charge in [0.15, 0.2) is 12.4 Å². The van der Waals surface area contributed by atoms with E-state index >= 15 is 0 Å². The molecule has 0 saturated heterocycles. The van der Waals surface area contributed by atoms with Crippen molar-refractivity contribution in [1.29, 1.82) is 0 Å². The predicted octanol–water partition coefficient (Wildman–Crippen LogP) is 2.23. The highest BCUT2D eigenvalue weighted by Gasteiger charge is 2.03. The summed E-state index contributed by atoms with van der Waals surface area (Å²) in [7, 11) is 1.59. The number of anilines is 3. The van der Waals surface area contributed by atoms with E-state index in [1.165, 1.54) is 0 Å². The van der Waals surface area contributed by atoms with Crippen LogP contribution in [0.2, 0.25) is 0 Å². The lowest BCUT2D eigenvalue weighted by Crippen LogP contribution is -2.32. The summed E-state index contributed by atoms with van der Waals surface area (Å²) in [4.78, 5) is 15.8. The molecule has 0 aliphatic rings. The van der Waals surface area contributed by atoms with Crippen LogP contribution in [0.4, 0.5) is 17.3 Å². The maximum absolute atomic E-state index is 11.8. The van der Waals surface area contributed by atoms with Crippen molar-refractivity contribution in [3.8, 4) is 11.5 Å². The van der Waals surface area contributed by atoms with Gasteiger partial charge in [-0.2, -0.15) is 0 Å². The largest absolute Gasteiger partial charge is 0.497 e. The number of pyridine rings is 1. The van der Waals surface area contributed by atoms with E-state index < -0.39 is 0 Å². The highest BCUT2D eigenvalue weighted by molar-refractivity contribution is 5.77. The van der Waals surface area contributed by atoms with Gasteiger partial charge < -0.3 is 25.4 Å². The van der Waals surface area contributed by atoms with Crippen molar-refractivity contribution in [3.63, 3.8) is 0 Å². The van der Waals surface area contributed by atoms with Crippen LogP contribution >= 0.6 is 0 Å². The SMILES string of the molecule is COc1ccc(OCC(=O)NCCNc2ccc(Nc3ccncc3)nn2)cc1. The third-order valence-electron chi connectivity index (χ3n) is 3.80. The number of carbonyl (C=O) groups excluding carboxylic acids is 1. The Bertz CT molecular complexity index is 888. The second-order valence-corrected chi connectivity index (χ2v) is 5.91. The first kappa shape index (κ1) is 19.9. The summed E-state index contributed by atoms with van der Waals surface area (Å²) in [6.07, 6.45) is 3.39. The lowest BCUT2D eigenvalue weighted by atomic mass is 10.3. The number of hydrogen-bond acceptors (Lipinski definition) is 8. The number of rotatable bonds is 10. The second-order valence-electron chi connectivity index (χ2n) is 5.91. The predicted molar refractivity (Wildman–Crippen MR) is 110 cm³/mol. The highest BCUT2D eigenvalue weighted by atomic mass is 16.5. The van der Waals surface area contributed by atoms with E-state index in [-0.39, 0.29) is 12.5 Å². The maximum atomic E-state index is 11.8. The average molecular weight is 394 g/mol. The van der Waals surface area contributed by atoms with Crippen LogP contribution in [-0.2, 0) is 4.79 Å². The standard InChI is InChI=1S/C20H22N6O3/c1-28-16-2-4-17(5-3-16)29-14-20(27)23-13-12-22-18-6-7-19(26-25-18)24-15-8-10-21-11-9-15/h2-11H,12-14H2,1H3,(H,22,25)(H,23,27)(H,21,24,26). The molecule has 0 bridgehead atoms. The van der Waals surface area contributed by atoms with Crippen LogP contribution in [0, 0.1) is 0 Å². The van der Waals surface area contributed by atoms with Crippen LogP contribution in [0.1, 0.15) is 0 Å². The van der Waals surface area contributed by atoms with Gasteiger partial charge in [-0.05, 0) is 48.5 Å². The summed E-state index contributed by atoms with van der Waals surface area (Å²) in [6.45, 7) is 0.894. The number of nitrogens with one attached hydrogen (secondary N) is 3. The molecule has 2 aromatic heterocycles. The Balaban J connectivity index is 1.32. The van der Waals surface area contributed by atoms with Crippen LogP contribution < -0.4 is 25.4 Å². The van der Waals surface area contributed by atoms with Crippen molar-refractivity contribution < 1.29 is 14.3 Å². The minimum absolute atomic E-state index is 0.0541. The number of carbonyl (C=O) groups is 1. The third kappa shape index (κ3) is 6.65. The monoisotopic (exact) mass is 394 g/mol. The highest BCUT2D eigenvalue weighted by Crippen LogP contribution is 2.16. The van der Waals surface area contributed by atoms with Crippen molar-refractivity contribution in [3.05, 3.63) is 60.9 Å². The van der Waals surface area contributed by atoms with Crippen molar-refractivity contribution in [2.24, 2.45) is 0 Å². The van der Waals surface area contributed by atoms with Gasteiger partial charge in [0.1, 0.15) is 17.3 Å². The molecule has 2 heterocycles. The molecule has 29 heavy (non-hydrogen) atoms. The summed E-state index contributed by atoms with van der Waals surface area (Å²) in [5, 5.41) is 17.2. The maximum Gasteiger partial charge on any atom is 0.258 e. The first-order valence-corrected chi connectivity index (χ1v) is 9.01. The zero-order valence-corrected chi connectivity index (χ0v) is 16.0. The lowest BCUT2D eigenvalue weighted by Gasteiger charge is -2.09. The van der Waals surface area contributed by atoms with Gasteiger partial charge in [0.2, 0.25) is 0 Å². The first-order chi connectivity index (χ1) is 14.2. The molecule has 9 heteroatoms. The fraction of sp³-hybridized carbons (Fsp3) is 0.200. The average Bonchev–Trinajstić information content (AvgIpc) is 2.77. The fourth-order valence-electron chi connectivity index (χ4n) is 2.34. The van der Waals surface area contributed by atoms with Crippen molar-refractivity contribution in [2.75, 3.05) is 37.4 Å². The molecular weight excluding hydrogens is 372 g/mol. The smallest absolute Gasteiger partial charge is 0.258 e. The Morgan fingerprint density at radius 2 is 1.59 bits per heavy atom. The summed E-state index contributed by atoms with van der Waals surface area (Å²) >= 11 is 0. The third-order valence-corrected chi connectivity index (χ3v) is 3.80. The van der Waals surface area contributed by atoms with Crippen molar-refractivity contribution in [2.45, 2.75) is 0 Å². The van der Waals surface area contributed by atoms with Gasteiger partial charge in [-0.3, -0.25) is 9.78 Å². The van der Waals surface area contributed by atoms with E-state index in [1.54, 1.807) is 43.8 Å². The molecule has 0 unspecified atom stereocenters. The van der Waals surface area contributed by atoms with Gasteiger partial charge in [-0.25, -0.2) is 0 Å². The summed E-state index contributed by atoms with van der Waals surface area (Å²) in [5.41, 5.74) is 0.884. The zero-order valence-electron chi connectivity index (χ0n) is 16.0. The minimum Gasteiger partial charge on any atom is -0.497 e. The van der Waals surface area contributed by atoms with E-state index in [9.17, 15) is 4.79 Å². The lowest BCUT2D eigenvalue weighted by molar-refractivity contribution is -0.123. The Morgan fingerprint density at radius 3 is 2.28 bits per heavy atom. The van der Waals surface area contributed by atoms with Gasteiger partial charge in [0.25, 0.3) is 5.91 Å². The number of nitrogens with zero attached hydrogens (tertiary/aromatic N) is 3. The number of hydrogen-bond donors (Lipinski definition) is 3. The van der Waals surface area contributed by atoms with Crippen molar-refractivity contribution >= 4 is 23.2 Å². The molecule has 9 nitrogen and oxygen atoms in total. The van der Waals surface area contributed by atoms with E-state index in [4.69, 9.17) is 9.47 Å².